The minimum Gasteiger partial charge on any atom is -0.425 e. The molecule has 1 atom stereocenters. The topological polar surface area (TPSA) is 52.3 Å². The Balaban J connectivity index is 1.90. The third-order valence-electron chi connectivity index (χ3n) is 3.39. The van der Waals surface area contributed by atoms with Gasteiger partial charge in [-0.25, -0.2) is 4.79 Å². The summed E-state index contributed by atoms with van der Waals surface area (Å²) in [7, 11) is 0. The SMILES string of the molecule is NC(C(=O)Oc1ccccc1)C1CCCCC1. The van der Waals surface area contributed by atoms with Crippen molar-refractivity contribution >= 4 is 5.97 Å². The molecular weight excluding hydrogens is 214 g/mol. The van der Waals surface area contributed by atoms with Crippen LogP contribution >= 0.6 is 0 Å². The zero-order valence-electron chi connectivity index (χ0n) is 9.97. The molecule has 3 nitrogen and oxygen atoms in total. The van der Waals surface area contributed by atoms with Gasteiger partial charge in [-0.3, -0.25) is 0 Å². The summed E-state index contributed by atoms with van der Waals surface area (Å²) in [5.74, 6) is 0.562. The van der Waals surface area contributed by atoms with Gasteiger partial charge in [0.15, 0.2) is 0 Å². The molecule has 1 aliphatic rings. The van der Waals surface area contributed by atoms with E-state index in [1.807, 2.05) is 18.2 Å². The highest BCUT2D eigenvalue weighted by atomic mass is 16.5. The number of nitrogens with two attached hydrogens (primary N) is 1. The number of rotatable bonds is 3. The summed E-state index contributed by atoms with van der Waals surface area (Å²) in [6.07, 6.45) is 5.71. The van der Waals surface area contributed by atoms with Crippen molar-refractivity contribution in [3.05, 3.63) is 30.3 Å². The van der Waals surface area contributed by atoms with Crippen LogP contribution in [0.15, 0.2) is 30.3 Å². The second kappa shape index (κ2) is 5.82. The van der Waals surface area contributed by atoms with Crippen LogP contribution in [-0.4, -0.2) is 12.0 Å². The van der Waals surface area contributed by atoms with E-state index in [0.717, 1.165) is 12.8 Å². The standard InChI is InChI=1S/C14H19NO2/c15-13(11-7-3-1-4-8-11)14(16)17-12-9-5-2-6-10-12/h2,5-6,9-11,13H,1,3-4,7-8,15H2. The van der Waals surface area contributed by atoms with Crippen molar-refractivity contribution in [3.8, 4) is 5.75 Å². The summed E-state index contributed by atoms with van der Waals surface area (Å²) in [4.78, 5) is 11.9. The van der Waals surface area contributed by atoms with E-state index < -0.39 is 6.04 Å². The minimum atomic E-state index is -0.476. The van der Waals surface area contributed by atoms with Crippen molar-refractivity contribution in [2.24, 2.45) is 11.7 Å². The van der Waals surface area contributed by atoms with Crippen molar-refractivity contribution in [2.75, 3.05) is 0 Å². The molecule has 0 amide bonds. The van der Waals surface area contributed by atoms with Gasteiger partial charge in [0.05, 0.1) is 0 Å². The predicted molar refractivity (Wildman–Crippen MR) is 66.6 cm³/mol. The number of carbonyl (C=O) groups excluding carboxylic acids is 1. The molecule has 0 radical (unpaired) electrons. The fraction of sp³-hybridized carbons (Fsp3) is 0.500. The van der Waals surface area contributed by atoms with Crippen molar-refractivity contribution in [1.82, 2.24) is 0 Å². The van der Waals surface area contributed by atoms with E-state index in [1.54, 1.807) is 12.1 Å². The first kappa shape index (κ1) is 12.1. The fourth-order valence-electron chi connectivity index (χ4n) is 2.36. The van der Waals surface area contributed by atoms with Crippen LogP contribution in [0.1, 0.15) is 32.1 Å². The van der Waals surface area contributed by atoms with Crippen LogP contribution in [0.4, 0.5) is 0 Å². The highest BCUT2D eigenvalue weighted by Crippen LogP contribution is 2.26. The summed E-state index contributed by atoms with van der Waals surface area (Å²) in [6, 6.07) is 8.63. The zero-order chi connectivity index (χ0) is 12.1. The van der Waals surface area contributed by atoms with E-state index in [9.17, 15) is 4.79 Å². The second-order valence-electron chi connectivity index (χ2n) is 4.66. The Hall–Kier alpha value is -1.35. The molecule has 1 aliphatic carbocycles. The van der Waals surface area contributed by atoms with Crippen molar-refractivity contribution in [2.45, 2.75) is 38.1 Å². The van der Waals surface area contributed by atoms with E-state index in [-0.39, 0.29) is 5.97 Å². The molecule has 1 aromatic rings. The van der Waals surface area contributed by atoms with Crippen molar-refractivity contribution < 1.29 is 9.53 Å². The first-order valence-corrected chi connectivity index (χ1v) is 6.29. The Labute approximate surface area is 102 Å². The Morgan fingerprint density at radius 3 is 2.47 bits per heavy atom. The predicted octanol–water partition coefficient (Wildman–Crippen LogP) is 2.50. The third-order valence-corrected chi connectivity index (χ3v) is 3.39. The molecule has 17 heavy (non-hydrogen) atoms. The van der Waals surface area contributed by atoms with E-state index in [1.165, 1.54) is 19.3 Å². The number of esters is 1. The monoisotopic (exact) mass is 233 g/mol. The van der Waals surface area contributed by atoms with Crippen LogP contribution in [-0.2, 0) is 4.79 Å². The molecule has 92 valence electrons. The van der Waals surface area contributed by atoms with Crippen LogP contribution in [0.2, 0.25) is 0 Å². The Morgan fingerprint density at radius 2 is 1.82 bits per heavy atom. The molecule has 0 aliphatic heterocycles. The third kappa shape index (κ3) is 3.30. The largest absolute Gasteiger partial charge is 0.425 e. The van der Waals surface area contributed by atoms with Gasteiger partial charge in [0.2, 0.25) is 0 Å². The molecule has 0 bridgehead atoms. The molecule has 0 saturated heterocycles. The van der Waals surface area contributed by atoms with Crippen LogP contribution in [0.5, 0.6) is 5.75 Å². The maximum absolute atomic E-state index is 11.9. The van der Waals surface area contributed by atoms with Gasteiger partial charge in [-0.2, -0.15) is 0 Å². The summed E-state index contributed by atoms with van der Waals surface area (Å²) < 4.78 is 5.27. The molecule has 1 unspecified atom stereocenters. The average molecular weight is 233 g/mol. The number of hydrogen-bond acceptors (Lipinski definition) is 3. The summed E-state index contributed by atoms with van der Waals surface area (Å²) in [5, 5.41) is 0. The lowest BCUT2D eigenvalue weighted by atomic mass is 9.84. The Morgan fingerprint density at radius 1 is 1.18 bits per heavy atom. The first-order valence-electron chi connectivity index (χ1n) is 6.29. The van der Waals surface area contributed by atoms with Crippen molar-refractivity contribution in [1.29, 1.82) is 0 Å². The molecule has 2 N–H and O–H groups in total. The lowest BCUT2D eigenvalue weighted by molar-refractivity contribution is -0.137. The first-order chi connectivity index (χ1) is 8.27. The highest BCUT2D eigenvalue weighted by molar-refractivity contribution is 5.78. The van der Waals surface area contributed by atoms with Gasteiger partial charge in [-0.1, -0.05) is 37.5 Å². The lowest BCUT2D eigenvalue weighted by Gasteiger charge is -2.25. The summed E-state index contributed by atoms with van der Waals surface area (Å²) in [5.41, 5.74) is 5.97. The van der Waals surface area contributed by atoms with Gasteiger partial charge in [-0.05, 0) is 30.9 Å². The smallest absolute Gasteiger partial charge is 0.328 e. The number of benzene rings is 1. The molecule has 2 rings (SSSR count). The van der Waals surface area contributed by atoms with Gasteiger partial charge in [0.25, 0.3) is 0 Å². The Bertz CT molecular complexity index is 358. The minimum absolute atomic E-state index is 0.292. The van der Waals surface area contributed by atoms with Gasteiger partial charge >= 0.3 is 5.97 Å². The van der Waals surface area contributed by atoms with Crippen LogP contribution in [0, 0.1) is 5.92 Å². The van der Waals surface area contributed by atoms with E-state index >= 15 is 0 Å². The van der Waals surface area contributed by atoms with Crippen LogP contribution in [0.25, 0.3) is 0 Å². The maximum Gasteiger partial charge on any atom is 0.328 e. The van der Waals surface area contributed by atoms with E-state index in [4.69, 9.17) is 10.5 Å². The van der Waals surface area contributed by atoms with Gasteiger partial charge in [0.1, 0.15) is 11.8 Å². The fourth-order valence-corrected chi connectivity index (χ4v) is 2.36. The number of carbonyl (C=O) groups is 1. The Kier molecular flexibility index (Phi) is 4.15. The summed E-state index contributed by atoms with van der Waals surface area (Å²) in [6.45, 7) is 0. The lowest BCUT2D eigenvalue weighted by Crippen LogP contribution is -2.41. The number of hydrogen-bond donors (Lipinski definition) is 1. The molecule has 1 saturated carbocycles. The van der Waals surface area contributed by atoms with Gasteiger partial charge < -0.3 is 10.5 Å². The zero-order valence-corrected chi connectivity index (χ0v) is 9.97. The maximum atomic E-state index is 11.9. The molecule has 0 heterocycles. The van der Waals surface area contributed by atoms with E-state index in [2.05, 4.69) is 0 Å². The molecule has 1 fully saturated rings. The quantitative estimate of drug-likeness (QED) is 0.644. The molecule has 1 aromatic carbocycles. The number of ether oxygens (including phenoxy) is 1. The van der Waals surface area contributed by atoms with Gasteiger partial charge in [0, 0.05) is 0 Å². The summed E-state index contributed by atoms with van der Waals surface area (Å²) >= 11 is 0. The number of para-hydroxylation sites is 1. The average Bonchev–Trinajstić information content (AvgIpc) is 2.40. The van der Waals surface area contributed by atoms with Gasteiger partial charge in [-0.15, -0.1) is 0 Å². The molecular formula is C14H19NO2. The highest BCUT2D eigenvalue weighted by Gasteiger charge is 2.27. The van der Waals surface area contributed by atoms with Crippen LogP contribution in [0.3, 0.4) is 0 Å². The second-order valence-corrected chi connectivity index (χ2v) is 4.66. The normalized spacial score (nSPS) is 18.6. The van der Waals surface area contributed by atoms with Crippen molar-refractivity contribution in [3.63, 3.8) is 0 Å². The molecule has 0 aromatic heterocycles. The molecule has 0 spiro atoms. The van der Waals surface area contributed by atoms with E-state index in [0.29, 0.717) is 11.7 Å². The van der Waals surface area contributed by atoms with Crippen LogP contribution < -0.4 is 10.5 Å². The molecule has 3 heteroatoms.